The zero-order valence-corrected chi connectivity index (χ0v) is 19.1. The van der Waals surface area contributed by atoms with Gasteiger partial charge in [0.1, 0.15) is 5.82 Å². The second-order valence-corrected chi connectivity index (χ2v) is 10.1. The van der Waals surface area contributed by atoms with Crippen molar-refractivity contribution in [1.29, 1.82) is 0 Å². The Morgan fingerprint density at radius 3 is 2.42 bits per heavy atom. The summed E-state index contributed by atoms with van der Waals surface area (Å²) in [5, 5.41) is 4.51. The Morgan fingerprint density at radius 2 is 1.84 bits per heavy atom. The van der Waals surface area contributed by atoms with E-state index < -0.39 is 21.7 Å². The average molecular weight is 462 g/mol. The van der Waals surface area contributed by atoms with Gasteiger partial charge in [-0.05, 0) is 67.8 Å². The standard InChI is InChI=1S/C22H24FN3O3S2/c1-15(2)26(3)21-11-8-17(13-20(21)23)25-22(27)16-6-9-19(10-7-16)31(28,29)24-14-18-5-4-12-30-18/h4-13,15,24H,14H2,1-3H3,(H,25,27). The van der Waals surface area contributed by atoms with Gasteiger partial charge in [-0.3, -0.25) is 4.79 Å². The van der Waals surface area contributed by atoms with Crippen LogP contribution in [0, 0.1) is 5.82 Å². The lowest BCUT2D eigenvalue weighted by atomic mass is 10.2. The highest BCUT2D eigenvalue weighted by Gasteiger charge is 2.16. The molecule has 0 radical (unpaired) electrons. The molecule has 0 spiro atoms. The van der Waals surface area contributed by atoms with Crippen molar-refractivity contribution < 1.29 is 17.6 Å². The van der Waals surface area contributed by atoms with Crippen molar-refractivity contribution in [3.05, 3.63) is 76.2 Å². The van der Waals surface area contributed by atoms with E-state index >= 15 is 0 Å². The van der Waals surface area contributed by atoms with Gasteiger partial charge in [0.15, 0.2) is 0 Å². The zero-order valence-electron chi connectivity index (χ0n) is 17.4. The molecule has 3 aromatic rings. The molecule has 1 aromatic heterocycles. The number of nitrogens with one attached hydrogen (secondary N) is 2. The van der Waals surface area contributed by atoms with Crippen molar-refractivity contribution in [3.8, 4) is 0 Å². The number of rotatable bonds is 8. The minimum absolute atomic E-state index is 0.0627. The van der Waals surface area contributed by atoms with E-state index in [1.807, 2.05) is 31.4 Å². The molecule has 0 fully saturated rings. The maximum atomic E-state index is 14.4. The van der Waals surface area contributed by atoms with Crippen LogP contribution in [-0.2, 0) is 16.6 Å². The average Bonchev–Trinajstić information content (AvgIpc) is 3.26. The highest BCUT2D eigenvalue weighted by atomic mass is 32.2. The van der Waals surface area contributed by atoms with Crippen LogP contribution in [0.3, 0.4) is 0 Å². The quantitative estimate of drug-likeness (QED) is 0.519. The van der Waals surface area contributed by atoms with Crippen LogP contribution in [0.1, 0.15) is 29.1 Å². The van der Waals surface area contributed by atoms with Crippen LogP contribution in [0.25, 0.3) is 0 Å². The molecule has 1 amide bonds. The van der Waals surface area contributed by atoms with E-state index in [2.05, 4.69) is 10.0 Å². The van der Waals surface area contributed by atoms with Crippen LogP contribution in [0.4, 0.5) is 15.8 Å². The predicted molar refractivity (Wildman–Crippen MR) is 123 cm³/mol. The number of hydrogen-bond donors (Lipinski definition) is 2. The third kappa shape index (κ3) is 5.69. The summed E-state index contributed by atoms with van der Waals surface area (Å²) in [6, 6.07) is 13.9. The van der Waals surface area contributed by atoms with Gasteiger partial charge in [0.05, 0.1) is 10.6 Å². The summed E-state index contributed by atoms with van der Waals surface area (Å²) in [4.78, 5) is 15.2. The van der Waals surface area contributed by atoms with E-state index in [-0.39, 0.29) is 23.0 Å². The summed E-state index contributed by atoms with van der Waals surface area (Å²) >= 11 is 1.46. The van der Waals surface area contributed by atoms with Crippen LogP contribution >= 0.6 is 11.3 Å². The third-order valence-electron chi connectivity index (χ3n) is 4.80. The molecule has 6 nitrogen and oxygen atoms in total. The lowest BCUT2D eigenvalue weighted by Gasteiger charge is -2.24. The molecule has 164 valence electrons. The fraction of sp³-hybridized carbons (Fsp3) is 0.227. The number of carbonyl (C=O) groups excluding carboxylic acids is 1. The molecule has 31 heavy (non-hydrogen) atoms. The van der Waals surface area contributed by atoms with Gasteiger partial charge in [-0.2, -0.15) is 0 Å². The first-order chi connectivity index (χ1) is 14.7. The summed E-state index contributed by atoms with van der Waals surface area (Å²) in [5.74, 6) is -0.896. The Bertz CT molecular complexity index is 1150. The molecular formula is C22H24FN3O3S2. The van der Waals surface area contributed by atoms with Gasteiger partial charge in [-0.1, -0.05) is 6.07 Å². The smallest absolute Gasteiger partial charge is 0.255 e. The van der Waals surface area contributed by atoms with Crippen molar-refractivity contribution in [2.75, 3.05) is 17.3 Å². The summed E-state index contributed by atoms with van der Waals surface area (Å²) in [5.41, 5.74) is 1.02. The minimum atomic E-state index is -3.69. The largest absolute Gasteiger partial charge is 0.370 e. The maximum absolute atomic E-state index is 14.4. The van der Waals surface area contributed by atoms with Crippen molar-refractivity contribution in [2.24, 2.45) is 0 Å². The molecule has 0 atom stereocenters. The molecule has 0 aliphatic rings. The number of nitrogens with zero attached hydrogens (tertiary/aromatic N) is 1. The molecule has 0 saturated carbocycles. The van der Waals surface area contributed by atoms with Crippen LogP contribution < -0.4 is 14.9 Å². The molecule has 0 aliphatic heterocycles. The highest BCUT2D eigenvalue weighted by Crippen LogP contribution is 2.24. The summed E-state index contributed by atoms with van der Waals surface area (Å²) in [7, 11) is -1.89. The number of hydrogen-bond acceptors (Lipinski definition) is 5. The normalized spacial score (nSPS) is 11.5. The van der Waals surface area contributed by atoms with E-state index in [0.717, 1.165) is 4.88 Å². The molecule has 9 heteroatoms. The van der Waals surface area contributed by atoms with Crippen molar-refractivity contribution >= 4 is 38.6 Å². The second-order valence-electron chi connectivity index (χ2n) is 7.25. The van der Waals surface area contributed by atoms with Gasteiger partial charge in [-0.15, -0.1) is 11.3 Å². The van der Waals surface area contributed by atoms with Gasteiger partial charge in [0.2, 0.25) is 10.0 Å². The molecule has 0 bridgehead atoms. The van der Waals surface area contributed by atoms with Crippen molar-refractivity contribution in [3.63, 3.8) is 0 Å². The van der Waals surface area contributed by atoms with Gasteiger partial charge >= 0.3 is 0 Å². The Balaban J connectivity index is 1.67. The van der Waals surface area contributed by atoms with E-state index in [1.165, 1.54) is 41.7 Å². The zero-order chi connectivity index (χ0) is 22.6. The monoisotopic (exact) mass is 461 g/mol. The first-order valence-corrected chi connectivity index (χ1v) is 12.0. The summed E-state index contributed by atoms with van der Waals surface area (Å²) < 4.78 is 41.8. The SMILES string of the molecule is CC(C)N(C)c1ccc(NC(=O)c2ccc(S(=O)(=O)NCc3cccs3)cc2)cc1F. The van der Waals surface area contributed by atoms with E-state index in [0.29, 0.717) is 11.4 Å². The highest BCUT2D eigenvalue weighted by molar-refractivity contribution is 7.89. The topological polar surface area (TPSA) is 78.5 Å². The molecular weight excluding hydrogens is 437 g/mol. The van der Waals surface area contributed by atoms with Gasteiger partial charge in [-0.25, -0.2) is 17.5 Å². The Labute approximate surface area is 185 Å². The Kier molecular flexibility index (Phi) is 7.09. The van der Waals surface area contributed by atoms with Crippen molar-refractivity contribution in [1.82, 2.24) is 4.72 Å². The van der Waals surface area contributed by atoms with Crippen LogP contribution in [0.5, 0.6) is 0 Å². The van der Waals surface area contributed by atoms with Crippen LogP contribution in [0.15, 0.2) is 64.9 Å². The minimum Gasteiger partial charge on any atom is -0.370 e. The summed E-state index contributed by atoms with van der Waals surface area (Å²) in [6.07, 6.45) is 0. The first kappa shape index (κ1) is 22.9. The Hall–Kier alpha value is -2.75. The number of carbonyl (C=O) groups is 1. The molecule has 2 N–H and O–H groups in total. The molecule has 0 unspecified atom stereocenters. The number of benzene rings is 2. The third-order valence-corrected chi connectivity index (χ3v) is 7.10. The van der Waals surface area contributed by atoms with Crippen LogP contribution in [0.2, 0.25) is 0 Å². The molecule has 0 aliphatic carbocycles. The van der Waals surface area contributed by atoms with E-state index in [1.54, 1.807) is 24.1 Å². The molecule has 3 rings (SSSR count). The predicted octanol–water partition coefficient (Wildman–Crippen LogP) is 4.46. The number of halogens is 1. The second kappa shape index (κ2) is 9.59. The number of amides is 1. The molecule has 0 saturated heterocycles. The molecule has 1 heterocycles. The van der Waals surface area contributed by atoms with Crippen LogP contribution in [-0.4, -0.2) is 27.4 Å². The number of anilines is 2. The Morgan fingerprint density at radius 1 is 1.13 bits per heavy atom. The van der Waals surface area contributed by atoms with Gasteiger partial charge < -0.3 is 10.2 Å². The van der Waals surface area contributed by atoms with Gasteiger partial charge in [0.25, 0.3) is 5.91 Å². The maximum Gasteiger partial charge on any atom is 0.255 e. The van der Waals surface area contributed by atoms with Crippen molar-refractivity contribution in [2.45, 2.75) is 31.3 Å². The number of thiophene rings is 1. The van der Waals surface area contributed by atoms with Gasteiger partial charge in [0, 0.05) is 35.8 Å². The lowest BCUT2D eigenvalue weighted by molar-refractivity contribution is 0.102. The molecule has 2 aromatic carbocycles. The van der Waals surface area contributed by atoms with E-state index in [4.69, 9.17) is 0 Å². The fourth-order valence-electron chi connectivity index (χ4n) is 2.80. The number of sulfonamides is 1. The fourth-order valence-corrected chi connectivity index (χ4v) is 4.54. The first-order valence-electron chi connectivity index (χ1n) is 9.63. The lowest BCUT2D eigenvalue weighted by Crippen LogP contribution is -2.26. The van der Waals surface area contributed by atoms with E-state index in [9.17, 15) is 17.6 Å². The summed E-state index contributed by atoms with van der Waals surface area (Å²) in [6.45, 7) is 4.11.